The van der Waals surface area contributed by atoms with Crippen molar-refractivity contribution in [3.63, 3.8) is 0 Å². The number of likely N-dealkylation sites (tertiary alicyclic amines) is 1. The minimum Gasteiger partial charge on any atom is -0.434 e. The molecular weight excluding hydrogens is 252 g/mol. The topological polar surface area (TPSA) is 32.7 Å². The van der Waals surface area contributed by atoms with E-state index in [-0.39, 0.29) is 11.9 Å². The minimum atomic E-state index is -2.81. The lowest BCUT2D eigenvalue weighted by atomic mass is 9.96. The molecule has 106 valence electrons. The number of alkyl halides is 2. The number of halogens is 2. The lowest BCUT2D eigenvalue weighted by Crippen LogP contribution is -2.42. The van der Waals surface area contributed by atoms with Crippen LogP contribution in [-0.2, 0) is 6.54 Å². The van der Waals surface area contributed by atoms with Crippen LogP contribution >= 0.6 is 0 Å². The smallest absolute Gasteiger partial charge is 0.387 e. The summed E-state index contributed by atoms with van der Waals surface area (Å²) in [6.45, 7) is 1.17. The maximum Gasteiger partial charge on any atom is 0.387 e. The molecule has 1 fully saturated rings. The maximum atomic E-state index is 12.3. The third kappa shape index (κ3) is 3.88. The molecule has 1 saturated heterocycles. The van der Waals surface area contributed by atoms with Gasteiger partial charge in [0.15, 0.2) is 0 Å². The molecule has 1 aliphatic rings. The Bertz CT molecular complexity index is 414. The van der Waals surface area contributed by atoms with Crippen molar-refractivity contribution in [1.82, 2.24) is 4.90 Å². The Labute approximate surface area is 111 Å². The van der Waals surface area contributed by atoms with Gasteiger partial charge >= 0.3 is 6.61 Å². The van der Waals surface area contributed by atoms with E-state index in [1.54, 1.807) is 24.3 Å². The molecule has 19 heavy (non-hydrogen) atoms. The molecule has 1 heterocycles. The van der Waals surface area contributed by atoms with Gasteiger partial charge in [0.05, 0.1) is 6.10 Å². The van der Waals surface area contributed by atoms with Gasteiger partial charge < -0.3 is 9.84 Å². The van der Waals surface area contributed by atoms with Crippen LogP contribution in [0.1, 0.15) is 18.9 Å². The number of hydrogen-bond donors (Lipinski definition) is 1. The molecule has 0 spiro atoms. The third-order valence-corrected chi connectivity index (χ3v) is 3.59. The van der Waals surface area contributed by atoms with Gasteiger partial charge in [-0.15, -0.1) is 0 Å². The van der Waals surface area contributed by atoms with Crippen LogP contribution in [0.2, 0.25) is 0 Å². The summed E-state index contributed by atoms with van der Waals surface area (Å²) in [6, 6.07) is 6.80. The Morgan fingerprint density at radius 1 is 1.42 bits per heavy atom. The van der Waals surface area contributed by atoms with Crippen molar-refractivity contribution >= 4 is 0 Å². The standard InChI is InChI=1S/C14H19F2NO2/c1-10-6-7-17(9-12(10)18)8-11-4-2-3-5-13(11)19-14(15)16/h2-5,10,12,14,18H,6-9H2,1H3. The molecular formula is C14H19F2NO2. The zero-order valence-electron chi connectivity index (χ0n) is 10.9. The number of ether oxygens (including phenoxy) is 1. The Morgan fingerprint density at radius 2 is 2.16 bits per heavy atom. The van der Waals surface area contributed by atoms with Crippen LogP contribution in [0.5, 0.6) is 5.75 Å². The predicted molar refractivity (Wildman–Crippen MR) is 68.1 cm³/mol. The molecule has 0 aromatic heterocycles. The van der Waals surface area contributed by atoms with Crippen molar-refractivity contribution in [2.24, 2.45) is 5.92 Å². The second-order valence-corrected chi connectivity index (χ2v) is 5.05. The van der Waals surface area contributed by atoms with E-state index in [1.165, 1.54) is 0 Å². The number of aliphatic hydroxyl groups excluding tert-OH is 1. The minimum absolute atomic E-state index is 0.214. The van der Waals surface area contributed by atoms with Crippen molar-refractivity contribution in [3.8, 4) is 5.75 Å². The highest BCUT2D eigenvalue weighted by Gasteiger charge is 2.24. The summed E-state index contributed by atoms with van der Waals surface area (Å²) in [5.41, 5.74) is 0.726. The lowest BCUT2D eigenvalue weighted by Gasteiger charge is -2.34. The molecule has 2 atom stereocenters. The van der Waals surface area contributed by atoms with Gasteiger partial charge in [-0.2, -0.15) is 8.78 Å². The molecule has 1 N–H and O–H groups in total. The zero-order chi connectivity index (χ0) is 13.8. The first-order valence-corrected chi connectivity index (χ1v) is 6.49. The maximum absolute atomic E-state index is 12.3. The molecule has 0 saturated carbocycles. The molecule has 1 aromatic carbocycles. The van der Waals surface area contributed by atoms with E-state index in [1.807, 2.05) is 6.92 Å². The number of para-hydroxylation sites is 1. The average Bonchev–Trinajstić information content (AvgIpc) is 2.36. The molecule has 1 aliphatic heterocycles. The average molecular weight is 271 g/mol. The predicted octanol–water partition coefficient (Wildman–Crippen LogP) is 2.49. The Morgan fingerprint density at radius 3 is 2.84 bits per heavy atom. The Balaban J connectivity index is 2.02. The molecule has 5 heteroatoms. The highest BCUT2D eigenvalue weighted by atomic mass is 19.3. The second-order valence-electron chi connectivity index (χ2n) is 5.05. The van der Waals surface area contributed by atoms with Gasteiger partial charge in [-0.25, -0.2) is 0 Å². The number of β-amino-alcohol motifs (C(OH)–C–C–N with tert-alkyl or cyclic N) is 1. The largest absolute Gasteiger partial charge is 0.434 e. The number of rotatable bonds is 4. The van der Waals surface area contributed by atoms with Gasteiger partial charge in [0.25, 0.3) is 0 Å². The van der Waals surface area contributed by atoms with E-state index < -0.39 is 6.61 Å². The van der Waals surface area contributed by atoms with E-state index >= 15 is 0 Å². The second kappa shape index (κ2) is 6.30. The van der Waals surface area contributed by atoms with Crippen molar-refractivity contribution < 1.29 is 18.6 Å². The fourth-order valence-electron chi connectivity index (χ4n) is 2.34. The van der Waals surface area contributed by atoms with Gasteiger partial charge in [0, 0.05) is 18.7 Å². The van der Waals surface area contributed by atoms with Crippen LogP contribution in [0, 0.1) is 5.92 Å². The first-order valence-electron chi connectivity index (χ1n) is 6.49. The van der Waals surface area contributed by atoms with E-state index in [4.69, 9.17) is 0 Å². The van der Waals surface area contributed by atoms with Crippen LogP contribution in [0.3, 0.4) is 0 Å². The van der Waals surface area contributed by atoms with Crippen molar-refractivity contribution in [2.75, 3.05) is 13.1 Å². The van der Waals surface area contributed by atoms with Crippen molar-refractivity contribution in [3.05, 3.63) is 29.8 Å². The Kier molecular flexibility index (Phi) is 4.71. The summed E-state index contributed by atoms with van der Waals surface area (Å²) in [6.07, 6.45) is 0.566. The summed E-state index contributed by atoms with van der Waals surface area (Å²) in [5.74, 6) is 0.509. The molecule has 0 amide bonds. The summed E-state index contributed by atoms with van der Waals surface area (Å²) < 4.78 is 29.1. The van der Waals surface area contributed by atoms with Crippen LogP contribution in [0.25, 0.3) is 0 Å². The monoisotopic (exact) mass is 271 g/mol. The van der Waals surface area contributed by atoms with Gasteiger partial charge in [-0.3, -0.25) is 4.90 Å². The van der Waals surface area contributed by atoms with Gasteiger partial charge in [0.1, 0.15) is 5.75 Å². The van der Waals surface area contributed by atoms with Crippen molar-refractivity contribution in [2.45, 2.75) is 32.6 Å². The van der Waals surface area contributed by atoms with E-state index in [2.05, 4.69) is 9.64 Å². The molecule has 1 aromatic rings. The van der Waals surface area contributed by atoms with E-state index in [0.717, 1.165) is 18.5 Å². The summed E-state index contributed by atoms with van der Waals surface area (Å²) in [4.78, 5) is 2.07. The first kappa shape index (κ1) is 14.2. The summed E-state index contributed by atoms with van der Waals surface area (Å²) >= 11 is 0. The van der Waals surface area contributed by atoms with Crippen LogP contribution in [-0.4, -0.2) is 35.8 Å². The molecule has 0 radical (unpaired) electrons. The van der Waals surface area contributed by atoms with E-state index in [9.17, 15) is 13.9 Å². The van der Waals surface area contributed by atoms with Crippen LogP contribution in [0.15, 0.2) is 24.3 Å². The summed E-state index contributed by atoms with van der Waals surface area (Å²) in [5, 5.41) is 9.85. The number of hydrogen-bond acceptors (Lipinski definition) is 3. The van der Waals surface area contributed by atoms with Crippen LogP contribution < -0.4 is 4.74 Å². The molecule has 2 rings (SSSR count). The van der Waals surface area contributed by atoms with Crippen LogP contribution in [0.4, 0.5) is 8.78 Å². The fourth-order valence-corrected chi connectivity index (χ4v) is 2.34. The molecule has 3 nitrogen and oxygen atoms in total. The van der Waals surface area contributed by atoms with Gasteiger partial charge in [0.2, 0.25) is 0 Å². The number of benzene rings is 1. The fraction of sp³-hybridized carbons (Fsp3) is 0.571. The third-order valence-electron chi connectivity index (χ3n) is 3.59. The highest BCUT2D eigenvalue weighted by molar-refractivity contribution is 5.33. The number of nitrogens with zero attached hydrogens (tertiary/aromatic N) is 1. The summed E-state index contributed by atoms with van der Waals surface area (Å²) in [7, 11) is 0. The number of piperidine rings is 1. The van der Waals surface area contributed by atoms with E-state index in [0.29, 0.717) is 19.0 Å². The zero-order valence-corrected chi connectivity index (χ0v) is 10.9. The molecule has 2 unspecified atom stereocenters. The SMILES string of the molecule is CC1CCN(Cc2ccccc2OC(F)F)CC1O. The van der Waals surface area contributed by atoms with Gasteiger partial charge in [-0.05, 0) is 24.9 Å². The normalized spacial score (nSPS) is 24.7. The van der Waals surface area contributed by atoms with Crippen molar-refractivity contribution in [1.29, 1.82) is 0 Å². The number of aliphatic hydroxyl groups is 1. The lowest BCUT2D eigenvalue weighted by molar-refractivity contribution is -0.0511. The Hall–Kier alpha value is -1.20. The quantitative estimate of drug-likeness (QED) is 0.913. The highest BCUT2D eigenvalue weighted by Crippen LogP contribution is 2.24. The van der Waals surface area contributed by atoms with Gasteiger partial charge in [-0.1, -0.05) is 25.1 Å². The first-order chi connectivity index (χ1) is 9.06. The molecule has 0 bridgehead atoms. The molecule has 0 aliphatic carbocycles.